The average Bonchev–Trinajstić information content (AvgIpc) is 3.35. The number of anilines is 1. The minimum Gasteiger partial charge on any atom is -0.478 e. The minimum absolute atomic E-state index is 0.266. The molecule has 0 saturated heterocycles. The van der Waals surface area contributed by atoms with Crippen molar-refractivity contribution < 1.29 is 18.3 Å². The number of aryl methyl sites for hydroxylation is 2. The third-order valence-corrected chi connectivity index (χ3v) is 9.49. The summed E-state index contributed by atoms with van der Waals surface area (Å²) in [5.41, 5.74) is 6.13. The van der Waals surface area contributed by atoms with Gasteiger partial charge in [-0.05, 0) is 72.9 Å². The topological polar surface area (TPSA) is 92.5 Å². The molecule has 43 heavy (non-hydrogen) atoms. The van der Waals surface area contributed by atoms with Crippen LogP contribution in [0.15, 0.2) is 95.9 Å². The Bertz CT molecular complexity index is 1840. The molecule has 0 fully saturated rings. The minimum atomic E-state index is -3.76. The van der Waals surface area contributed by atoms with Crippen molar-refractivity contribution in [2.75, 3.05) is 10.8 Å². The Morgan fingerprint density at radius 3 is 2.30 bits per heavy atom. The average molecular weight is 596 g/mol. The van der Waals surface area contributed by atoms with E-state index in [9.17, 15) is 18.3 Å². The number of carboxylic acid groups (broad SMARTS) is 1. The number of unbranched alkanes of at least 4 members (excludes halogenated alkanes) is 1. The fraction of sp³-hybridized carbons (Fsp3) is 0.257. The molecule has 0 saturated carbocycles. The van der Waals surface area contributed by atoms with Crippen LogP contribution in [0.1, 0.15) is 60.4 Å². The number of rotatable bonds is 12. The van der Waals surface area contributed by atoms with Gasteiger partial charge in [-0.15, -0.1) is 0 Å². The summed E-state index contributed by atoms with van der Waals surface area (Å²) in [7, 11) is -3.76. The van der Waals surface area contributed by atoms with Crippen LogP contribution in [-0.2, 0) is 23.0 Å². The van der Waals surface area contributed by atoms with Crippen LogP contribution in [0.25, 0.3) is 22.2 Å². The Balaban J connectivity index is 1.54. The first-order chi connectivity index (χ1) is 20.7. The van der Waals surface area contributed by atoms with Gasteiger partial charge in [0, 0.05) is 19.5 Å². The predicted molar refractivity (Wildman–Crippen MR) is 172 cm³/mol. The highest BCUT2D eigenvalue weighted by Crippen LogP contribution is 2.30. The number of hydrogen-bond donors (Lipinski definition) is 1. The number of aromatic nitrogens is 2. The first-order valence-corrected chi connectivity index (χ1v) is 16.2. The standard InChI is InChI=1S/C35H37N3O4S/c1-4-6-11-34-36-32-21-18-28(38(22-5-2)43(41,42)29-19-12-25(3)13-20-29)23-33(32)37(34)24-26-14-16-27(17-15-26)30-9-7-8-10-31(30)35(39)40/h7-10,12-21,23H,4-6,11,22,24H2,1-3H3,(H,39,40). The van der Waals surface area contributed by atoms with Crippen molar-refractivity contribution in [2.45, 2.75) is 57.9 Å². The number of aromatic carboxylic acids is 1. The first-order valence-electron chi connectivity index (χ1n) is 14.7. The first kappa shape index (κ1) is 30.0. The van der Waals surface area contributed by atoms with Crippen molar-refractivity contribution in [2.24, 2.45) is 0 Å². The van der Waals surface area contributed by atoms with Gasteiger partial charge in [-0.25, -0.2) is 18.2 Å². The van der Waals surface area contributed by atoms with Crippen LogP contribution in [0, 0.1) is 6.92 Å². The van der Waals surface area contributed by atoms with E-state index in [4.69, 9.17) is 4.98 Å². The van der Waals surface area contributed by atoms with Crippen molar-refractivity contribution in [1.82, 2.24) is 9.55 Å². The zero-order chi connectivity index (χ0) is 30.6. The van der Waals surface area contributed by atoms with Gasteiger partial charge in [0.25, 0.3) is 10.0 Å². The van der Waals surface area contributed by atoms with Crippen molar-refractivity contribution in [1.29, 1.82) is 0 Å². The van der Waals surface area contributed by atoms with Gasteiger partial charge in [-0.1, -0.05) is 80.4 Å². The maximum Gasteiger partial charge on any atom is 0.336 e. The molecule has 7 nitrogen and oxygen atoms in total. The monoisotopic (exact) mass is 595 g/mol. The largest absolute Gasteiger partial charge is 0.478 e. The molecule has 1 heterocycles. The second-order valence-corrected chi connectivity index (χ2v) is 12.7. The van der Waals surface area contributed by atoms with E-state index in [1.54, 1.807) is 24.3 Å². The summed E-state index contributed by atoms with van der Waals surface area (Å²) in [5.74, 6) is 0.000161. The van der Waals surface area contributed by atoms with Gasteiger partial charge in [0.15, 0.2) is 0 Å². The van der Waals surface area contributed by atoms with E-state index >= 15 is 0 Å². The normalized spacial score (nSPS) is 11.6. The van der Waals surface area contributed by atoms with Crippen LogP contribution in [-0.4, -0.2) is 35.6 Å². The van der Waals surface area contributed by atoms with Crippen LogP contribution in [0.5, 0.6) is 0 Å². The Morgan fingerprint density at radius 1 is 0.907 bits per heavy atom. The molecule has 5 aromatic rings. The summed E-state index contributed by atoms with van der Waals surface area (Å²) in [6, 6.07) is 27.6. The highest BCUT2D eigenvalue weighted by Gasteiger charge is 2.25. The molecule has 0 spiro atoms. The van der Waals surface area contributed by atoms with Crippen LogP contribution < -0.4 is 4.31 Å². The molecule has 8 heteroatoms. The highest BCUT2D eigenvalue weighted by molar-refractivity contribution is 7.92. The summed E-state index contributed by atoms with van der Waals surface area (Å²) in [5, 5.41) is 9.62. The number of imidazole rings is 1. The van der Waals surface area contributed by atoms with Gasteiger partial charge in [0.2, 0.25) is 0 Å². The predicted octanol–water partition coefficient (Wildman–Crippen LogP) is 7.71. The molecule has 1 aromatic heterocycles. The Labute approximate surface area is 253 Å². The molecule has 0 radical (unpaired) electrons. The lowest BCUT2D eigenvalue weighted by atomic mass is 9.99. The molecular weight excluding hydrogens is 558 g/mol. The smallest absolute Gasteiger partial charge is 0.336 e. The molecule has 1 N–H and O–H groups in total. The van der Waals surface area contributed by atoms with E-state index in [-0.39, 0.29) is 10.5 Å². The van der Waals surface area contributed by atoms with Crippen LogP contribution in [0.4, 0.5) is 5.69 Å². The number of sulfonamides is 1. The molecule has 0 aliphatic carbocycles. The number of carbonyl (C=O) groups is 1. The summed E-state index contributed by atoms with van der Waals surface area (Å²) in [4.78, 5) is 17.0. The van der Waals surface area contributed by atoms with Crippen LogP contribution >= 0.6 is 0 Å². The lowest BCUT2D eigenvalue weighted by Gasteiger charge is -2.24. The van der Waals surface area contributed by atoms with E-state index in [0.29, 0.717) is 30.8 Å². The van der Waals surface area contributed by atoms with Gasteiger partial charge >= 0.3 is 5.97 Å². The number of benzene rings is 4. The van der Waals surface area contributed by atoms with Crippen LogP contribution in [0.3, 0.4) is 0 Å². The number of nitrogens with zero attached hydrogens (tertiary/aromatic N) is 3. The van der Waals surface area contributed by atoms with Gasteiger partial charge in [0.05, 0.1) is 27.2 Å². The Kier molecular flexibility index (Phi) is 8.97. The maximum atomic E-state index is 13.8. The van der Waals surface area contributed by atoms with Gasteiger partial charge in [-0.3, -0.25) is 4.31 Å². The molecule has 0 aliphatic heterocycles. The molecule has 0 amide bonds. The van der Waals surface area contributed by atoms with E-state index in [0.717, 1.165) is 52.8 Å². The molecule has 0 atom stereocenters. The molecule has 0 bridgehead atoms. The Morgan fingerprint density at radius 2 is 1.63 bits per heavy atom. The van der Waals surface area contributed by atoms with E-state index in [2.05, 4.69) is 11.5 Å². The molecule has 5 rings (SSSR count). The van der Waals surface area contributed by atoms with E-state index in [1.807, 2.05) is 80.6 Å². The van der Waals surface area contributed by atoms with Crippen molar-refractivity contribution in [3.8, 4) is 11.1 Å². The zero-order valence-electron chi connectivity index (χ0n) is 24.8. The number of hydrogen-bond acceptors (Lipinski definition) is 4. The lowest BCUT2D eigenvalue weighted by Crippen LogP contribution is -2.31. The third kappa shape index (κ3) is 6.34. The zero-order valence-corrected chi connectivity index (χ0v) is 25.6. The summed E-state index contributed by atoms with van der Waals surface area (Å²) < 4.78 is 31.2. The molecule has 222 valence electrons. The van der Waals surface area contributed by atoms with E-state index in [1.165, 1.54) is 4.31 Å². The highest BCUT2D eigenvalue weighted by atomic mass is 32.2. The molecular formula is C35H37N3O4S. The summed E-state index contributed by atoms with van der Waals surface area (Å²) >= 11 is 0. The maximum absolute atomic E-state index is 13.8. The summed E-state index contributed by atoms with van der Waals surface area (Å²) in [6.45, 7) is 6.98. The second kappa shape index (κ2) is 12.8. The number of fused-ring (bicyclic) bond motifs is 1. The quantitative estimate of drug-likeness (QED) is 0.160. The van der Waals surface area contributed by atoms with Gasteiger partial charge in [-0.2, -0.15) is 0 Å². The molecule has 4 aromatic carbocycles. The summed E-state index contributed by atoms with van der Waals surface area (Å²) in [6.07, 6.45) is 3.50. The van der Waals surface area contributed by atoms with E-state index < -0.39 is 16.0 Å². The van der Waals surface area contributed by atoms with Gasteiger partial charge < -0.3 is 9.67 Å². The van der Waals surface area contributed by atoms with Crippen molar-refractivity contribution in [3.63, 3.8) is 0 Å². The fourth-order valence-corrected chi connectivity index (χ4v) is 6.89. The lowest BCUT2D eigenvalue weighted by molar-refractivity contribution is 0.0697. The fourth-order valence-electron chi connectivity index (χ4n) is 5.34. The van der Waals surface area contributed by atoms with Crippen molar-refractivity contribution in [3.05, 3.63) is 114 Å². The molecule has 0 aliphatic rings. The number of carboxylic acids is 1. The second-order valence-electron chi connectivity index (χ2n) is 10.8. The van der Waals surface area contributed by atoms with Gasteiger partial charge in [0.1, 0.15) is 5.82 Å². The van der Waals surface area contributed by atoms with Crippen molar-refractivity contribution >= 4 is 32.7 Å². The molecule has 0 unspecified atom stereocenters. The third-order valence-electron chi connectivity index (χ3n) is 7.65. The van der Waals surface area contributed by atoms with Crippen LogP contribution in [0.2, 0.25) is 0 Å². The Hall–Kier alpha value is -4.43. The SMILES string of the molecule is CCCCc1nc2ccc(N(CCC)S(=O)(=O)c3ccc(C)cc3)cc2n1Cc1ccc(-c2ccccc2C(=O)O)cc1.